The second kappa shape index (κ2) is 14.1. The zero-order valence-corrected chi connectivity index (χ0v) is 25.4. The van der Waals surface area contributed by atoms with Crippen LogP contribution >= 0.6 is 0 Å². The summed E-state index contributed by atoms with van der Waals surface area (Å²) >= 11 is 0. The second-order valence-electron chi connectivity index (χ2n) is 10.8. The minimum absolute atomic E-state index is 0.210. The fraction of sp³-hybridized carbons (Fsp3) is 0.344. The number of rotatable bonds is 14. The van der Waals surface area contributed by atoms with Gasteiger partial charge in [-0.25, -0.2) is 9.78 Å². The van der Waals surface area contributed by atoms with E-state index in [0.717, 1.165) is 22.9 Å². The predicted octanol–water partition coefficient (Wildman–Crippen LogP) is 2.04. The van der Waals surface area contributed by atoms with Crippen LogP contribution in [-0.2, 0) is 29.1 Å². The molecule has 5 aromatic rings. The number of ether oxygens (including phenoxy) is 1. The molecule has 5 rings (SSSR count). The Bertz CT molecular complexity index is 1920. The van der Waals surface area contributed by atoms with Gasteiger partial charge >= 0.3 is 5.69 Å². The summed E-state index contributed by atoms with van der Waals surface area (Å²) in [5.74, 6) is 0.282. The van der Waals surface area contributed by atoms with Crippen molar-refractivity contribution in [3.05, 3.63) is 81.1 Å². The van der Waals surface area contributed by atoms with Gasteiger partial charge in [0.05, 0.1) is 6.04 Å². The number of nitrogens with zero attached hydrogens (tertiary/aromatic N) is 3. The molecule has 236 valence electrons. The van der Waals surface area contributed by atoms with E-state index in [1.807, 2.05) is 44.3 Å². The third-order valence-electron chi connectivity index (χ3n) is 7.45. The van der Waals surface area contributed by atoms with Crippen LogP contribution in [-0.4, -0.2) is 61.6 Å². The molecule has 0 radical (unpaired) electrons. The van der Waals surface area contributed by atoms with Gasteiger partial charge in [0.2, 0.25) is 5.91 Å². The van der Waals surface area contributed by atoms with Crippen molar-refractivity contribution < 1.29 is 14.3 Å². The number of carbonyl (C=O) groups excluding carboxylic acids is 2. The van der Waals surface area contributed by atoms with Crippen LogP contribution in [0, 0.1) is 0 Å². The zero-order valence-electron chi connectivity index (χ0n) is 25.4. The van der Waals surface area contributed by atoms with Crippen molar-refractivity contribution >= 4 is 33.9 Å². The van der Waals surface area contributed by atoms with E-state index < -0.39 is 6.04 Å². The van der Waals surface area contributed by atoms with Crippen LogP contribution in [0.15, 0.2) is 64.3 Å². The highest BCUT2D eigenvalue weighted by molar-refractivity contribution is 5.86. The SMILES string of the molecule is CCCn1c(=O)c2[nH]c(-c3ccc(OCC(=O)NCCNC(=O)[C@@H](N)Cc4c[nH]c5ccccc45)cc3)nc2n(CCC)c1=O. The fourth-order valence-electron chi connectivity index (χ4n) is 5.21. The molecule has 45 heavy (non-hydrogen) atoms. The van der Waals surface area contributed by atoms with Crippen molar-refractivity contribution in [1.29, 1.82) is 0 Å². The number of aromatic nitrogens is 5. The molecule has 3 aromatic heterocycles. The summed E-state index contributed by atoms with van der Waals surface area (Å²) in [4.78, 5) is 61.5. The van der Waals surface area contributed by atoms with Crippen molar-refractivity contribution in [1.82, 2.24) is 34.7 Å². The van der Waals surface area contributed by atoms with Crippen LogP contribution in [0.25, 0.3) is 33.5 Å². The molecular formula is C32H38N8O5. The normalized spacial score (nSPS) is 12.0. The third kappa shape index (κ3) is 6.99. The smallest absolute Gasteiger partial charge is 0.332 e. The zero-order chi connectivity index (χ0) is 31.9. The highest BCUT2D eigenvalue weighted by atomic mass is 16.5. The molecule has 0 unspecified atom stereocenters. The lowest BCUT2D eigenvalue weighted by molar-refractivity contribution is -0.124. The minimum atomic E-state index is -0.716. The summed E-state index contributed by atoms with van der Waals surface area (Å²) in [7, 11) is 0. The summed E-state index contributed by atoms with van der Waals surface area (Å²) < 4.78 is 8.39. The fourth-order valence-corrected chi connectivity index (χ4v) is 5.21. The number of amides is 2. The Labute approximate surface area is 258 Å². The van der Waals surface area contributed by atoms with E-state index >= 15 is 0 Å². The van der Waals surface area contributed by atoms with Gasteiger partial charge in [-0.1, -0.05) is 32.0 Å². The largest absolute Gasteiger partial charge is 0.484 e. The average molecular weight is 615 g/mol. The molecule has 13 nitrogen and oxygen atoms in total. The molecule has 0 aliphatic heterocycles. The molecule has 0 spiro atoms. The van der Waals surface area contributed by atoms with Crippen LogP contribution in [0.5, 0.6) is 5.75 Å². The van der Waals surface area contributed by atoms with E-state index in [4.69, 9.17) is 10.5 Å². The maximum atomic E-state index is 13.0. The molecule has 0 saturated carbocycles. The maximum Gasteiger partial charge on any atom is 0.332 e. The van der Waals surface area contributed by atoms with Gasteiger partial charge in [0.25, 0.3) is 11.5 Å². The van der Waals surface area contributed by atoms with Gasteiger partial charge in [-0.05, 0) is 55.2 Å². The first-order chi connectivity index (χ1) is 21.8. The topological polar surface area (TPSA) is 182 Å². The number of benzene rings is 2. The predicted molar refractivity (Wildman–Crippen MR) is 172 cm³/mol. The lowest BCUT2D eigenvalue weighted by Gasteiger charge is -2.12. The van der Waals surface area contributed by atoms with Gasteiger partial charge in [-0.3, -0.25) is 23.5 Å². The Balaban J connectivity index is 1.10. The quantitative estimate of drug-likeness (QED) is 0.119. The average Bonchev–Trinajstić information content (AvgIpc) is 3.68. The molecule has 2 aromatic carbocycles. The summed E-state index contributed by atoms with van der Waals surface area (Å²) in [5.41, 5.74) is 8.63. The first-order valence-electron chi connectivity index (χ1n) is 15.1. The third-order valence-corrected chi connectivity index (χ3v) is 7.45. The molecular weight excluding hydrogens is 576 g/mol. The number of H-pyrrole nitrogens is 2. The second-order valence-corrected chi connectivity index (χ2v) is 10.8. The molecule has 0 bridgehead atoms. The number of imidazole rings is 1. The number of aryl methyl sites for hydroxylation is 1. The number of hydrogen-bond acceptors (Lipinski definition) is 7. The number of para-hydroxylation sites is 1. The summed E-state index contributed by atoms with van der Waals surface area (Å²) in [6.45, 7) is 4.90. The minimum Gasteiger partial charge on any atom is -0.484 e. The highest BCUT2D eigenvalue weighted by Crippen LogP contribution is 2.22. The Morgan fingerprint density at radius 3 is 2.44 bits per heavy atom. The molecule has 13 heteroatoms. The van der Waals surface area contributed by atoms with Crippen LogP contribution < -0.4 is 32.4 Å². The molecule has 1 atom stereocenters. The van der Waals surface area contributed by atoms with Crippen molar-refractivity contribution in [2.24, 2.45) is 5.73 Å². The van der Waals surface area contributed by atoms with E-state index in [0.29, 0.717) is 48.7 Å². The summed E-state index contributed by atoms with van der Waals surface area (Å²) in [5, 5.41) is 6.50. The maximum absolute atomic E-state index is 13.0. The van der Waals surface area contributed by atoms with Crippen molar-refractivity contribution in [3.8, 4) is 17.1 Å². The lowest BCUT2D eigenvalue weighted by atomic mass is 10.1. The molecule has 6 N–H and O–H groups in total. The van der Waals surface area contributed by atoms with Crippen LogP contribution in [0.2, 0.25) is 0 Å². The summed E-state index contributed by atoms with van der Waals surface area (Å²) in [6.07, 6.45) is 3.63. The monoisotopic (exact) mass is 614 g/mol. The van der Waals surface area contributed by atoms with E-state index in [1.165, 1.54) is 9.13 Å². The Morgan fingerprint density at radius 2 is 1.69 bits per heavy atom. The lowest BCUT2D eigenvalue weighted by Crippen LogP contribution is -2.45. The first kappa shape index (κ1) is 31.3. The number of nitrogens with one attached hydrogen (secondary N) is 4. The Hall–Kier alpha value is -5.17. The van der Waals surface area contributed by atoms with E-state index in [1.54, 1.807) is 24.3 Å². The van der Waals surface area contributed by atoms with Gasteiger partial charge in [0.1, 0.15) is 17.1 Å². The van der Waals surface area contributed by atoms with Gasteiger partial charge in [-0.2, -0.15) is 0 Å². The number of hydrogen-bond donors (Lipinski definition) is 5. The van der Waals surface area contributed by atoms with E-state index in [2.05, 4.69) is 25.6 Å². The summed E-state index contributed by atoms with van der Waals surface area (Å²) in [6, 6.07) is 14.0. The van der Waals surface area contributed by atoms with E-state index in [9.17, 15) is 19.2 Å². The van der Waals surface area contributed by atoms with Crippen LogP contribution in [0.3, 0.4) is 0 Å². The van der Waals surface area contributed by atoms with Crippen LogP contribution in [0.1, 0.15) is 32.3 Å². The molecule has 0 aliphatic carbocycles. The number of nitrogens with two attached hydrogens (primary N) is 1. The number of carbonyl (C=O) groups is 2. The Morgan fingerprint density at radius 1 is 0.978 bits per heavy atom. The van der Waals surface area contributed by atoms with Crippen molar-refractivity contribution in [2.45, 2.75) is 52.2 Å². The highest BCUT2D eigenvalue weighted by Gasteiger charge is 2.18. The van der Waals surface area contributed by atoms with Gasteiger partial charge in [0, 0.05) is 48.8 Å². The molecule has 0 saturated heterocycles. The number of aromatic amines is 2. The molecule has 3 heterocycles. The Kier molecular flexibility index (Phi) is 9.78. The van der Waals surface area contributed by atoms with Gasteiger partial charge in [-0.15, -0.1) is 0 Å². The van der Waals surface area contributed by atoms with Crippen molar-refractivity contribution in [3.63, 3.8) is 0 Å². The molecule has 0 fully saturated rings. The molecule has 2 amide bonds. The molecule has 0 aliphatic rings. The van der Waals surface area contributed by atoms with Crippen molar-refractivity contribution in [2.75, 3.05) is 19.7 Å². The number of fused-ring (bicyclic) bond motifs is 2. The van der Waals surface area contributed by atoms with Gasteiger partial charge in [0.15, 0.2) is 12.3 Å². The van der Waals surface area contributed by atoms with Crippen LogP contribution in [0.4, 0.5) is 0 Å². The standard InChI is InChI=1S/C32H38N8O5/c1-3-15-39-29-27(31(43)40(16-4-2)32(39)44)37-28(38-29)20-9-11-22(12-10-20)45-19-26(41)34-13-14-35-30(42)24(33)17-21-18-36-25-8-6-5-7-23(21)25/h5-12,18,24,36H,3-4,13-17,19,33H2,1-2H3,(H,34,41)(H,35,42)(H,37,38)/t24-/m0/s1. The van der Waals surface area contributed by atoms with Gasteiger partial charge < -0.3 is 31.1 Å². The first-order valence-corrected chi connectivity index (χ1v) is 15.1. The van der Waals surface area contributed by atoms with E-state index in [-0.39, 0.29) is 48.3 Å².